The van der Waals surface area contributed by atoms with E-state index >= 15 is 0 Å². The minimum absolute atomic E-state index is 0.298. The van der Waals surface area contributed by atoms with E-state index in [2.05, 4.69) is 245 Å². The topological polar surface area (TPSA) is 0 Å². The van der Waals surface area contributed by atoms with E-state index in [-0.39, 0.29) is 0 Å². The predicted molar refractivity (Wildman–Crippen MR) is 306 cm³/mol. The van der Waals surface area contributed by atoms with Crippen molar-refractivity contribution in [2.75, 3.05) is 0 Å². The molecule has 0 nitrogen and oxygen atoms in total. The lowest BCUT2D eigenvalue weighted by Crippen LogP contribution is -2.17. The molecule has 0 fully saturated rings. The van der Waals surface area contributed by atoms with E-state index in [0.717, 1.165) is 64.5 Å². The minimum atomic E-state index is 0.298. The Bertz CT molecular complexity index is 2700. The zero-order valence-corrected chi connectivity index (χ0v) is 43.7. The first-order chi connectivity index (χ1) is 33.6. The highest BCUT2D eigenvalue weighted by Gasteiger charge is 2.31. The number of rotatable bonds is 22. The van der Waals surface area contributed by atoms with Gasteiger partial charge >= 0.3 is 0 Å². The second-order valence-corrected chi connectivity index (χ2v) is 21.7. The Balaban J connectivity index is 1.16. The van der Waals surface area contributed by atoms with Gasteiger partial charge in [-0.05, 0) is 185 Å². The molecular weight excluding hydrogens is 909 g/mol. The van der Waals surface area contributed by atoms with Gasteiger partial charge in [0, 0.05) is 19.6 Å². The molecule has 0 saturated heterocycles. The van der Waals surface area contributed by atoms with Crippen molar-refractivity contribution >= 4 is 50.5 Å². The molecular formula is C65H68S4. The van der Waals surface area contributed by atoms with Gasteiger partial charge in [-0.3, -0.25) is 0 Å². The van der Waals surface area contributed by atoms with E-state index < -0.39 is 0 Å². The van der Waals surface area contributed by atoms with Crippen molar-refractivity contribution in [3.8, 4) is 0 Å². The Labute approximate surface area is 436 Å². The number of hydrogen-bond donors (Lipinski definition) is 4. The molecule has 8 rings (SSSR count). The van der Waals surface area contributed by atoms with Crippen LogP contribution in [0.3, 0.4) is 0 Å². The summed E-state index contributed by atoms with van der Waals surface area (Å²) in [4.78, 5) is 3.99. The van der Waals surface area contributed by atoms with E-state index in [1.165, 1.54) is 44.5 Å². The fraction of sp³-hybridized carbons (Fsp3) is 0.262. The summed E-state index contributed by atoms with van der Waals surface area (Å²) in [5, 5.41) is 0. The van der Waals surface area contributed by atoms with Crippen LogP contribution in [0.25, 0.3) is 0 Å². The first kappa shape index (κ1) is 50.5. The summed E-state index contributed by atoms with van der Waals surface area (Å²) in [7, 11) is 0. The highest BCUT2D eigenvalue weighted by molar-refractivity contribution is 7.80. The van der Waals surface area contributed by atoms with Crippen LogP contribution in [0.1, 0.15) is 151 Å². The van der Waals surface area contributed by atoms with Crippen molar-refractivity contribution in [2.45, 2.75) is 126 Å². The molecule has 69 heavy (non-hydrogen) atoms. The van der Waals surface area contributed by atoms with Gasteiger partial charge < -0.3 is 0 Å². The van der Waals surface area contributed by atoms with Gasteiger partial charge in [-0.1, -0.05) is 184 Å². The summed E-state index contributed by atoms with van der Waals surface area (Å²) in [5.41, 5.74) is 11.2. The fourth-order valence-electron chi connectivity index (χ4n) is 11.1. The Hall–Kier alpha value is -4.84. The second kappa shape index (κ2) is 25.3. The molecule has 0 radical (unpaired) electrons. The highest BCUT2D eigenvalue weighted by Crippen LogP contribution is 2.48. The van der Waals surface area contributed by atoms with Crippen molar-refractivity contribution in [1.29, 1.82) is 0 Å². The molecule has 0 saturated carbocycles. The second-order valence-electron chi connectivity index (χ2n) is 19.6. The quantitative estimate of drug-likeness (QED) is 0.0478. The molecule has 0 aliphatic rings. The van der Waals surface area contributed by atoms with E-state index in [4.69, 9.17) is 37.9 Å². The molecule has 8 unspecified atom stereocenters. The van der Waals surface area contributed by atoms with Crippen LogP contribution in [0.15, 0.2) is 238 Å². The lowest BCUT2D eigenvalue weighted by Gasteiger charge is -2.34. The van der Waals surface area contributed by atoms with Gasteiger partial charge in [0.1, 0.15) is 0 Å². The standard InChI is InChI=1S/C65H68S4/c1-46(48-15-7-3-8-16-48)39-56(53-25-33-63(67)34-26-53)41-59(51-19-11-5-12-20-51)44-61(55-29-37-65(69)38-30-55)45-60(52-21-13-6-14-22-52)43-58(50-17-9-4-10-18-50)42-57(54-27-35-64(68)36-28-54)40-47(2)49-23-31-62(66)32-24-49/h3-38,46-47,56-61,66-69H,39-45H2,1-2H3. The Kier molecular flexibility index (Phi) is 18.6. The molecule has 0 aliphatic heterocycles. The van der Waals surface area contributed by atoms with Crippen LogP contribution in [0.4, 0.5) is 0 Å². The van der Waals surface area contributed by atoms with Gasteiger partial charge in [0.2, 0.25) is 0 Å². The van der Waals surface area contributed by atoms with Crippen molar-refractivity contribution in [3.63, 3.8) is 0 Å². The van der Waals surface area contributed by atoms with Crippen LogP contribution in [0, 0.1) is 0 Å². The first-order valence-corrected chi connectivity index (χ1v) is 26.8. The Morgan fingerprint density at radius 1 is 0.217 bits per heavy atom. The molecule has 0 aliphatic carbocycles. The van der Waals surface area contributed by atoms with Crippen molar-refractivity contribution in [1.82, 2.24) is 0 Å². The maximum atomic E-state index is 4.80. The molecule has 352 valence electrons. The smallest absolute Gasteiger partial charge is 0.00401 e. The van der Waals surface area contributed by atoms with Crippen LogP contribution in [-0.2, 0) is 0 Å². The maximum absolute atomic E-state index is 4.80. The molecule has 0 aromatic heterocycles. The van der Waals surface area contributed by atoms with Crippen LogP contribution in [-0.4, -0.2) is 0 Å². The summed E-state index contributed by atoms with van der Waals surface area (Å²) in [5.74, 6) is 2.76. The molecule has 0 heterocycles. The summed E-state index contributed by atoms with van der Waals surface area (Å²) in [6.07, 6.45) is 7.34. The fourth-order valence-corrected chi connectivity index (χ4v) is 11.6. The lowest BCUT2D eigenvalue weighted by atomic mass is 9.71. The van der Waals surface area contributed by atoms with E-state index in [0.29, 0.717) is 47.3 Å². The average Bonchev–Trinajstić information content (AvgIpc) is 3.39. The molecule has 0 N–H and O–H groups in total. The number of thiol groups is 4. The highest BCUT2D eigenvalue weighted by atomic mass is 32.1. The van der Waals surface area contributed by atoms with Gasteiger partial charge in [-0.2, -0.15) is 0 Å². The third-order valence-electron chi connectivity index (χ3n) is 14.9. The van der Waals surface area contributed by atoms with Gasteiger partial charge in [0.25, 0.3) is 0 Å². The van der Waals surface area contributed by atoms with Gasteiger partial charge in [0.15, 0.2) is 0 Å². The molecule has 0 bridgehead atoms. The van der Waals surface area contributed by atoms with Gasteiger partial charge in [-0.15, -0.1) is 50.5 Å². The molecule has 8 atom stereocenters. The van der Waals surface area contributed by atoms with Crippen LogP contribution < -0.4 is 0 Å². The Morgan fingerprint density at radius 2 is 0.391 bits per heavy atom. The first-order valence-electron chi connectivity index (χ1n) is 25.0. The van der Waals surface area contributed by atoms with E-state index in [1.54, 1.807) is 0 Å². The maximum Gasteiger partial charge on any atom is 0.00401 e. The third-order valence-corrected chi connectivity index (χ3v) is 16.1. The van der Waals surface area contributed by atoms with Crippen molar-refractivity contribution in [2.24, 2.45) is 0 Å². The van der Waals surface area contributed by atoms with Gasteiger partial charge in [0.05, 0.1) is 0 Å². The number of benzene rings is 8. The summed E-state index contributed by atoms with van der Waals surface area (Å²) < 4.78 is 0. The third kappa shape index (κ3) is 14.6. The molecule has 4 heteroatoms. The lowest BCUT2D eigenvalue weighted by molar-refractivity contribution is 0.379. The summed E-state index contributed by atoms with van der Waals surface area (Å²) in [6.45, 7) is 4.80. The van der Waals surface area contributed by atoms with Crippen molar-refractivity contribution in [3.05, 3.63) is 263 Å². The average molecular weight is 978 g/mol. The predicted octanol–water partition coefficient (Wildman–Crippen LogP) is 19.2. The number of hydrogen-bond acceptors (Lipinski definition) is 4. The summed E-state index contributed by atoms with van der Waals surface area (Å²) in [6, 6.07) is 81.1. The van der Waals surface area contributed by atoms with Crippen LogP contribution >= 0.6 is 50.5 Å². The van der Waals surface area contributed by atoms with E-state index in [1.807, 2.05) is 0 Å². The zero-order valence-electron chi connectivity index (χ0n) is 40.1. The zero-order chi connectivity index (χ0) is 48.0. The normalized spacial score (nSPS) is 15.0. The Morgan fingerprint density at radius 3 is 0.638 bits per heavy atom. The molecule has 0 spiro atoms. The SMILES string of the molecule is CC(CC(CC(CC(CC(CC(CC(CC(C)c1ccccc1)c1ccc(S)cc1)c1ccccc1)c1ccc(S)cc1)c1ccccc1)c1ccccc1)c1ccc(S)cc1)c1ccc(S)cc1. The van der Waals surface area contributed by atoms with Crippen molar-refractivity contribution < 1.29 is 0 Å². The monoisotopic (exact) mass is 976 g/mol. The van der Waals surface area contributed by atoms with Crippen LogP contribution in [0.2, 0.25) is 0 Å². The molecule has 8 aromatic rings. The minimum Gasteiger partial charge on any atom is -0.143 e. The van der Waals surface area contributed by atoms with E-state index in [9.17, 15) is 0 Å². The largest absolute Gasteiger partial charge is 0.143 e. The summed E-state index contributed by atoms with van der Waals surface area (Å²) >= 11 is 18.9. The molecule has 0 amide bonds. The van der Waals surface area contributed by atoms with Crippen LogP contribution in [0.5, 0.6) is 0 Å². The van der Waals surface area contributed by atoms with Gasteiger partial charge in [-0.25, -0.2) is 0 Å². The molecule has 8 aromatic carbocycles.